The second-order valence-corrected chi connectivity index (χ2v) is 4.77. The monoisotopic (exact) mass is 282 g/mol. The van der Waals surface area contributed by atoms with Crippen LogP contribution in [0.2, 0.25) is 0 Å². The van der Waals surface area contributed by atoms with Crippen LogP contribution in [0.3, 0.4) is 0 Å². The number of aryl methyl sites for hydroxylation is 1. The molecule has 0 saturated carbocycles. The molecule has 0 bridgehead atoms. The normalized spacial score (nSPS) is 10.1. The van der Waals surface area contributed by atoms with E-state index in [2.05, 4.69) is 41.6 Å². The predicted octanol–water partition coefficient (Wildman–Crippen LogP) is 4.88. The fourth-order valence-corrected chi connectivity index (χ4v) is 2.08. The highest BCUT2D eigenvalue weighted by molar-refractivity contribution is 9.10. The smallest absolute Gasteiger partial charge is 0.133 e. The van der Waals surface area contributed by atoms with Gasteiger partial charge in [-0.1, -0.05) is 12.1 Å². The third kappa shape index (κ3) is 4.84. The number of hydrogen-bond donors (Lipinski definition) is 0. The second kappa shape index (κ2) is 7.50. The SMILES string of the molecule is C=CCCCCCOc1ccc(C)cc1Br. The minimum absolute atomic E-state index is 0.790. The third-order valence-electron chi connectivity index (χ3n) is 2.40. The summed E-state index contributed by atoms with van der Waals surface area (Å²) in [6.45, 7) is 6.57. The number of allylic oxidation sites excluding steroid dienone is 1. The summed E-state index contributed by atoms with van der Waals surface area (Å²) in [6, 6.07) is 6.16. The summed E-state index contributed by atoms with van der Waals surface area (Å²) >= 11 is 3.50. The van der Waals surface area contributed by atoms with Crippen LogP contribution in [-0.4, -0.2) is 6.61 Å². The molecule has 0 atom stereocenters. The van der Waals surface area contributed by atoms with Crippen LogP contribution in [0.25, 0.3) is 0 Å². The molecule has 0 heterocycles. The van der Waals surface area contributed by atoms with Gasteiger partial charge in [0.2, 0.25) is 0 Å². The lowest BCUT2D eigenvalue weighted by atomic mass is 10.2. The molecular formula is C14H19BrO. The molecule has 0 aromatic heterocycles. The molecule has 0 radical (unpaired) electrons. The van der Waals surface area contributed by atoms with E-state index in [0.717, 1.165) is 29.7 Å². The summed E-state index contributed by atoms with van der Waals surface area (Å²) in [6.07, 6.45) is 6.59. The summed E-state index contributed by atoms with van der Waals surface area (Å²) in [5.74, 6) is 0.939. The molecule has 16 heavy (non-hydrogen) atoms. The van der Waals surface area contributed by atoms with Crippen molar-refractivity contribution in [2.75, 3.05) is 6.61 Å². The van der Waals surface area contributed by atoms with E-state index in [1.807, 2.05) is 12.1 Å². The first-order chi connectivity index (χ1) is 7.74. The van der Waals surface area contributed by atoms with Gasteiger partial charge in [-0.25, -0.2) is 0 Å². The lowest BCUT2D eigenvalue weighted by Gasteiger charge is -2.08. The number of unbranched alkanes of at least 4 members (excludes halogenated alkanes) is 3. The minimum Gasteiger partial charge on any atom is -0.492 e. The molecule has 0 aliphatic carbocycles. The molecule has 2 heteroatoms. The average Bonchev–Trinajstić information content (AvgIpc) is 2.26. The van der Waals surface area contributed by atoms with Crippen LogP contribution in [0.4, 0.5) is 0 Å². The fraction of sp³-hybridized carbons (Fsp3) is 0.429. The predicted molar refractivity (Wildman–Crippen MR) is 73.0 cm³/mol. The van der Waals surface area contributed by atoms with E-state index in [4.69, 9.17) is 4.74 Å². The molecule has 1 nitrogen and oxygen atoms in total. The van der Waals surface area contributed by atoms with Gasteiger partial charge in [0, 0.05) is 0 Å². The molecule has 0 aliphatic heterocycles. The van der Waals surface area contributed by atoms with Crippen molar-refractivity contribution in [2.24, 2.45) is 0 Å². The van der Waals surface area contributed by atoms with Crippen LogP contribution in [-0.2, 0) is 0 Å². The molecule has 1 aromatic carbocycles. The Kier molecular flexibility index (Phi) is 6.24. The van der Waals surface area contributed by atoms with Gasteiger partial charge in [-0.2, -0.15) is 0 Å². The summed E-state index contributed by atoms with van der Waals surface area (Å²) < 4.78 is 6.74. The second-order valence-electron chi connectivity index (χ2n) is 3.92. The molecule has 1 aromatic rings. The van der Waals surface area contributed by atoms with Gasteiger partial charge >= 0.3 is 0 Å². The first-order valence-electron chi connectivity index (χ1n) is 5.74. The Balaban J connectivity index is 2.24. The van der Waals surface area contributed by atoms with Crippen LogP contribution in [0.5, 0.6) is 5.75 Å². The van der Waals surface area contributed by atoms with E-state index < -0.39 is 0 Å². The van der Waals surface area contributed by atoms with Crippen molar-refractivity contribution in [3.63, 3.8) is 0 Å². The molecule has 0 N–H and O–H groups in total. The largest absolute Gasteiger partial charge is 0.492 e. The number of halogens is 1. The van der Waals surface area contributed by atoms with Crippen LogP contribution in [0.15, 0.2) is 35.3 Å². The Hall–Kier alpha value is -0.760. The van der Waals surface area contributed by atoms with Crippen LogP contribution >= 0.6 is 15.9 Å². The van der Waals surface area contributed by atoms with Gasteiger partial charge in [0.15, 0.2) is 0 Å². The average molecular weight is 283 g/mol. The first-order valence-corrected chi connectivity index (χ1v) is 6.53. The van der Waals surface area contributed by atoms with E-state index >= 15 is 0 Å². The van der Waals surface area contributed by atoms with Crippen molar-refractivity contribution in [1.82, 2.24) is 0 Å². The Bertz CT molecular complexity index is 334. The molecule has 0 unspecified atom stereocenters. The summed E-state index contributed by atoms with van der Waals surface area (Å²) in [7, 11) is 0. The van der Waals surface area contributed by atoms with Gasteiger partial charge in [0.05, 0.1) is 11.1 Å². The summed E-state index contributed by atoms with van der Waals surface area (Å²) in [5, 5.41) is 0. The molecule has 0 amide bonds. The summed E-state index contributed by atoms with van der Waals surface area (Å²) in [4.78, 5) is 0. The molecule has 0 aliphatic rings. The molecule has 0 spiro atoms. The van der Waals surface area contributed by atoms with Crippen molar-refractivity contribution in [2.45, 2.75) is 32.6 Å². The highest BCUT2D eigenvalue weighted by Gasteiger charge is 2.00. The zero-order valence-corrected chi connectivity index (χ0v) is 11.4. The van der Waals surface area contributed by atoms with Gasteiger partial charge in [0.25, 0.3) is 0 Å². The highest BCUT2D eigenvalue weighted by Crippen LogP contribution is 2.25. The Morgan fingerprint density at radius 1 is 1.31 bits per heavy atom. The quantitative estimate of drug-likeness (QED) is 0.511. The van der Waals surface area contributed by atoms with Gasteiger partial charge < -0.3 is 4.74 Å². The van der Waals surface area contributed by atoms with Crippen molar-refractivity contribution in [1.29, 1.82) is 0 Å². The van der Waals surface area contributed by atoms with E-state index in [9.17, 15) is 0 Å². The van der Waals surface area contributed by atoms with Gasteiger partial charge in [-0.3, -0.25) is 0 Å². The van der Waals surface area contributed by atoms with E-state index in [-0.39, 0.29) is 0 Å². The van der Waals surface area contributed by atoms with Crippen LogP contribution in [0.1, 0.15) is 31.2 Å². The molecule has 1 rings (SSSR count). The molecule has 88 valence electrons. The topological polar surface area (TPSA) is 9.23 Å². The Morgan fingerprint density at radius 2 is 2.12 bits per heavy atom. The van der Waals surface area contributed by atoms with Crippen LogP contribution < -0.4 is 4.74 Å². The standard InChI is InChI=1S/C14H19BrO/c1-3-4-5-6-7-10-16-14-9-8-12(2)11-13(14)15/h3,8-9,11H,1,4-7,10H2,2H3. The van der Waals surface area contributed by atoms with E-state index in [0.29, 0.717) is 0 Å². The first kappa shape index (κ1) is 13.3. The van der Waals surface area contributed by atoms with Gasteiger partial charge in [-0.15, -0.1) is 6.58 Å². The number of rotatable bonds is 7. The zero-order valence-electron chi connectivity index (χ0n) is 9.84. The third-order valence-corrected chi connectivity index (χ3v) is 3.02. The Labute approximate surface area is 107 Å². The fourth-order valence-electron chi connectivity index (χ4n) is 1.47. The lowest BCUT2D eigenvalue weighted by Crippen LogP contribution is -1.97. The van der Waals surface area contributed by atoms with E-state index in [1.165, 1.54) is 18.4 Å². The van der Waals surface area contributed by atoms with Crippen molar-refractivity contribution in [3.05, 3.63) is 40.9 Å². The maximum Gasteiger partial charge on any atom is 0.133 e. The van der Waals surface area contributed by atoms with E-state index in [1.54, 1.807) is 0 Å². The lowest BCUT2D eigenvalue weighted by molar-refractivity contribution is 0.303. The number of benzene rings is 1. The van der Waals surface area contributed by atoms with Crippen molar-refractivity contribution < 1.29 is 4.74 Å². The molecular weight excluding hydrogens is 264 g/mol. The zero-order chi connectivity index (χ0) is 11.8. The molecule has 0 saturated heterocycles. The van der Waals surface area contributed by atoms with Gasteiger partial charge in [0.1, 0.15) is 5.75 Å². The maximum absolute atomic E-state index is 5.70. The van der Waals surface area contributed by atoms with Crippen LogP contribution in [0, 0.1) is 6.92 Å². The number of ether oxygens (including phenoxy) is 1. The van der Waals surface area contributed by atoms with Crippen molar-refractivity contribution in [3.8, 4) is 5.75 Å². The Morgan fingerprint density at radius 3 is 2.81 bits per heavy atom. The highest BCUT2D eigenvalue weighted by atomic mass is 79.9. The van der Waals surface area contributed by atoms with Gasteiger partial charge in [-0.05, 0) is 66.2 Å². The number of hydrogen-bond acceptors (Lipinski definition) is 1. The minimum atomic E-state index is 0.790. The molecule has 0 fully saturated rings. The summed E-state index contributed by atoms with van der Waals surface area (Å²) in [5.41, 5.74) is 1.24. The maximum atomic E-state index is 5.70. The van der Waals surface area contributed by atoms with Crippen molar-refractivity contribution >= 4 is 15.9 Å².